The molecule has 6 heteroatoms. The molecule has 0 aliphatic carbocycles. The van der Waals surface area contributed by atoms with E-state index in [0.29, 0.717) is 17.7 Å². The van der Waals surface area contributed by atoms with Crippen molar-refractivity contribution in [2.45, 2.75) is 39.7 Å². The average molecular weight is 299 g/mol. The van der Waals surface area contributed by atoms with Crippen molar-refractivity contribution < 1.29 is 17.9 Å². The fourth-order valence-corrected chi connectivity index (χ4v) is 2.79. The molecule has 1 N–H and O–H groups in total. The molecule has 0 unspecified atom stereocenters. The normalized spacial score (nSPS) is 11.4. The van der Waals surface area contributed by atoms with Crippen LogP contribution >= 0.6 is 0 Å². The maximum atomic E-state index is 11.7. The molecule has 0 heterocycles. The first-order valence-corrected chi connectivity index (χ1v) is 8.31. The van der Waals surface area contributed by atoms with Crippen LogP contribution in [0.2, 0.25) is 0 Å². The average Bonchev–Trinajstić information content (AvgIpc) is 2.36. The largest absolute Gasteiger partial charge is 0.459 e. The van der Waals surface area contributed by atoms with E-state index in [0.717, 1.165) is 6.42 Å². The fourth-order valence-electron chi connectivity index (χ4n) is 1.52. The number of hydrogen-bond acceptors (Lipinski definition) is 4. The number of rotatable bonds is 7. The maximum Gasteiger partial charge on any atom is 0.338 e. The quantitative estimate of drug-likeness (QED) is 0.786. The SMILES string of the molecule is CCCCS(=O)(=O)Nc1ccc(C(=O)OC(C)C)cc1. The fraction of sp³-hybridized carbons (Fsp3) is 0.500. The van der Waals surface area contributed by atoms with E-state index in [1.54, 1.807) is 38.1 Å². The van der Waals surface area contributed by atoms with Crippen LogP contribution in [0.1, 0.15) is 44.0 Å². The van der Waals surface area contributed by atoms with Crippen molar-refractivity contribution in [1.29, 1.82) is 0 Å². The summed E-state index contributed by atoms with van der Waals surface area (Å²) in [4.78, 5) is 11.6. The first kappa shape index (κ1) is 16.5. The molecular weight excluding hydrogens is 278 g/mol. The minimum Gasteiger partial charge on any atom is -0.459 e. The molecule has 0 spiro atoms. The molecule has 0 bridgehead atoms. The van der Waals surface area contributed by atoms with Crippen LogP contribution in [-0.2, 0) is 14.8 Å². The molecule has 20 heavy (non-hydrogen) atoms. The summed E-state index contributed by atoms with van der Waals surface area (Å²) >= 11 is 0. The molecule has 0 saturated heterocycles. The number of benzene rings is 1. The van der Waals surface area contributed by atoms with E-state index in [-0.39, 0.29) is 11.9 Å². The predicted molar refractivity (Wildman–Crippen MR) is 79.3 cm³/mol. The van der Waals surface area contributed by atoms with Crippen molar-refractivity contribution in [2.75, 3.05) is 10.5 Å². The molecule has 1 aromatic carbocycles. The van der Waals surface area contributed by atoms with Crippen LogP contribution in [0.5, 0.6) is 0 Å². The molecule has 0 aliphatic rings. The van der Waals surface area contributed by atoms with Crippen molar-refractivity contribution in [3.8, 4) is 0 Å². The lowest BCUT2D eigenvalue weighted by Gasteiger charge is -2.10. The third-order valence-corrected chi connectivity index (χ3v) is 3.88. The molecule has 5 nitrogen and oxygen atoms in total. The summed E-state index contributed by atoms with van der Waals surface area (Å²) < 4.78 is 31.0. The molecule has 1 rings (SSSR count). The van der Waals surface area contributed by atoms with Crippen molar-refractivity contribution in [2.24, 2.45) is 0 Å². The number of anilines is 1. The van der Waals surface area contributed by atoms with Crippen molar-refractivity contribution in [1.82, 2.24) is 0 Å². The lowest BCUT2D eigenvalue weighted by atomic mass is 10.2. The minimum atomic E-state index is -3.32. The van der Waals surface area contributed by atoms with Gasteiger partial charge in [0.25, 0.3) is 0 Å². The number of sulfonamides is 1. The second kappa shape index (κ2) is 7.28. The highest BCUT2D eigenvalue weighted by molar-refractivity contribution is 7.92. The van der Waals surface area contributed by atoms with Gasteiger partial charge in [-0.15, -0.1) is 0 Å². The smallest absolute Gasteiger partial charge is 0.338 e. The first-order valence-electron chi connectivity index (χ1n) is 6.65. The zero-order chi connectivity index (χ0) is 15.2. The lowest BCUT2D eigenvalue weighted by molar-refractivity contribution is 0.0378. The summed E-state index contributed by atoms with van der Waals surface area (Å²) in [6.45, 7) is 5.48. The number of carbonyl (C=O) groups is 1. The van der Waals surface area contributed by atoms with E-state index in [1.165, 1.54) is 0 Å². The van der Waals surface area contributed by atoms with E-state index < -0.39 is 16.0 Å². The molecule has 0 aromatic heterocycles. The number of unbranched alkanes of at least 4 members (excludes halogenated alkanes) is 1. The van der Waals surface area contributed by atoms with Gasteiger partial charge in [-0.05, 0) is 44.5 Å². The Morgan fingerprint density at radius 3 is 2.35 bits per heavy atom. The Kier molecular flexibility index (Phi) is 6.01. The zero-order valence-corrected chi connectivity index (χ0v) is 12.9. The topological polar surface area (TPSA) is 72.5 Å². The highest BCUT2D eigenvalue weighted by atomic mass is 32.2. The lowest BCUT2D eigenvalue weighted by Crippen LogP contribution is -2.16. The highest BCUT2D eigenvalue weighted by Gasteiger charge is 2.12. The van der Waals surface area contributed by atoms with Gasteiger partial charge in [-0.2, -0.15) is 0 Å². The summed E-state index contributed by atoms with van der Waals surface area (Å²) in [5.74, 6) is -0.318. The predicted octanol–water partition coefficient (Wildman–Crippen LogP) is 2.79. The van der Waals surface area contributed by atoms with Crippen LogP contribution in [0.25, 0.3) is 0 Å². The van der Waals surface area contributed by atoms with Gasteiger partial charge in [0.1, 0.15) is 0 Å². The van der Waals surface area contributed by atoms with E-state index in [2.05, 4.69) is 4.72 Å². The van der Waals surface area contributed by atoms with Gasteiger partial charge in [0, 0.05) is 5.69 Å². The van der Waals surface area contributed by atoms with Crippen molar-refractivity contribution >= 4 is 21.7 Å². The number of ether oxygens (including phenoxy) is 1. The standard InChI is InChI=1S/C14H21NO4S/c1-4-5-10-20(17,18)15-13-8-6-12(7-9-13)14(16)19-11(2)3/h6-9,11,15H,4-5,10H2,1-3H3. The Morgan fingerprint density at radius 1 is 1.25 bits per heavy atom. The second-order valence-electron chi connectivity index (χ2n) is 4.81. The Morgan fingerprint density at radius 2 is 1.85 bits per heavy atom. The molecular formula is C14H21NO4S. The Labute approximate surface area is 120 Å². The number of nitrogens with one attached hydrogen (secondary N) is 1. The molecule has 0 atom stereocenters. The second-order valence-corrected chi connectivity index (χ2v) is 6.65. The minimum absolute atomic E-state index is 0.0979. The monoisotopic (exact) mass is 299 g/mol. The number of carbonyl (C=O) groups excluding carboxylic acids is 1. The van der Waals surface area contributed by atoms with Crippen LogP contribution in [0.3, 0.4) is 0 Å². The van der Waals surface area contributed by atoms with E-state index >= 15 is 0 Å². The highest BCUT2D eigenvalue weighted by Crippen LogP contribution is 2.13. The number of hydrogen-bond donors (Lipinski definition) is 1. The van der Waals surface area contributed by atoms with Crippen LogP contribution in [0.15, 0.2) is 24.3 Å². The molecule has 0 radical (unpaired) electrons. The van der Waals surface area contributed by atoms with Crippen molar-refractivity contribution in [3.63, 3.8) is 0 Å². The summed E-state index contributed by atoms with van der Waals surface area (Å²) in [7, 11) is -3.32. The third-order valence-electron chi connectivity index (χ3n) is 2.50. The van der Waals surface area contributed by atoms with Gasteiger partial charge in [0.2, 0.25) is 10.0 Å². The Balaban J connectivity index is 2.70. The Bertz CT molecular complexity index is 535. The van der Waals surface area contributed by atoms with Gasteiger partial charge in [0.05, 0.1) is 17.4 Å². The van der Waals surface area contributed by atoms with E-state index in [1.807, 2.05) is 6.92 Å². The first-order chi connectivity index (χ1) is 9.34. The van der Waals surface area contributed by atoms with Crippen molar-refractivity contribution in [3.05, 3.63) is 29.8 Å². The van der Waals surface area contributed by atoms with Crippen LogP contribution in [-0.4, -0.2) is 26.2 Å². The summed E-state index contributed by atoms with van der Waals surface area (Å²) in [6, 6.07) is 6.20. The Hall–Kier alpha value is -1.56. The summed E-state index contributed by atoms with van der Waals surface area (Å²) in [6.07, 6.45) is 1.25. The number of esters is 1. The van der Waals surface area contributed by atoms with E-state index in [4.69, 9.17) is 4.74 Å². The molecule has 0 saturated carbocycles. The molecule has 0 aliphatic heterocycles. The molecule has 0 fully saturated rings. The van der Waals surface area contributed by atoms with Crippen LogP contribution in [0, 0.1) is 0 Å². The third kappa shape index (κ3) is 5.61. The molecule has 1 aromatic rings. The van der Waals surface area contributed by atoms with Gasteiger partial charge in [0.15, 0.2) is 0 Å². The molecule has 0 amide bonds. The van der Waals surface area contributed by atoms with E-state index in [9.17, 15) is 13.2 Å². The van der Waals surface area contributed by atoms with Gasteiger partial charge in [-0.3, -0.25) is 4.72 Å². The molecule has 112 valence electrons. The van der Waals surface area contributed by atoms with Crippen LogP contribution in [0.4, 0.5) is 5.69 Å². The van der Waals surface area contributed by atoms with Gasteiger partial charge in [-0.25, -0.2) is 13.2 Å². The van der Waals surface area contributed by atoms with Crippen LogP contribution < -0.4 is 4.72 Å². The van der Waals surface area contributed by atoms with Gasteiger partial charge in [-0.1, -0.05) is 13.3 Å². The summed E-state index contributed by atoms with van der Waals surface area (Å²) in [5, 5.41) is 0. The summed E-state index contributed by atoms with van der Waals surface area (Å²) in [5.41, 5.74) is 0.845. The zero-order valence-electron chi connectivity index (χ0n) is 12.0. The maximum absolute atomic E-state index is 11.7. The van der Waals surface area contributed by atoms with Gasteiger partial charge >= 0.3 is 5.97 Å². The van der Waals surface area contributed by atoms with Gasteiger partial charge < -0.3 is 4.74 Å².